The maximum atomic E-state index is 6.00. The summed E-state index contributed by atoms with van der Waals surface area (Å²) in [5, 5.41) is 3.43. The molecule has 1 aliphatic heterocycles. The molecule has 0 spiro atoms. The molecule has 2 heterocycles. The number of rotatable bonds is 5. The molecule has 0 amide bonds. The number of piperidine rings is 1. The molecule has 0 atom stereocenters. The first kappa shape index (κ1) is 19.3. The number of hydrogen-bond acceptors (Lipinski definition) is 3. The van der Waals surface area contributed by atoms with Gasteiger partial charge in [-0.2, -0.15) is 0 Å². The van der Waals surface area contributed by atoms with Crippen LogP contribution >= 0.6 is 46.9 Å². The topological polar surface area (TPSA) is 36.9 Å². The number of thiophene rings is 1. The van der Waals surface area contributed by atoms with E-state index in [2.05, 4.69) is 21.3 Å². The molecule has 2 fully saturated rings. The molecule has 1 saturated carbocycles. The Bertz CT molecular complexity index is 513. The summed E-state index contributed by atoms with van der Waals surface area (Å²) in [5.41, 5.74) is 0. The molecule has 2 aliphatic rings. The molecule has 1 N–H and O–H groups in total. The maximum absolute atomic E-state index is 6.00. The number of halogens is 2. The normalized spacial score (nSPS) is 19.6. The van der Waals surface area contributed by atoms with Crippen LogP contribution in [0.5, 0.6) is 0 Å². The zero-order chi connectivity index (χ0) is 15.4. The highest BCUT2D eigenvalue weighted by Crippen LogP contribution is 2.30. The summed E-state index contributed by atoms with van der Waals surface area (Å²) in [6, 6.07) is 4.00. The zero-order valence-electron chi connectivity index (χ0n) is 13.5. The highest BCUT2D eigenvalue weighted by Gasteiger charge is 2.26. The van der Waals surface area contributed by atoms with Gasteiger partial charge in [0.15, 0.2) is 5.96 Å². The van der Waals surface area contributed by atoms with Crippen LogP contribution in [-0.2, 0) is 11.3 Å². The van der Waals surface area contributed by atoms with E-state index in [1.54, 1.807) is 11.3 Å². The predicted octanol–water partition coefficient (Wildman–Crippen LogP) is 3.99. The fraction of sp³-hybridized carbons (Fsp3) is 0.688. The molecule has 1 aromatic heterocycles. The minimum Gasteiger partial charge on any atom is -0.378 e. The predicted molar refractivity (Wildman–Crippen MR) is 108 cm³/mol. The molecule has 23 heavy (non-hydrogen) atoms. The second-order valence-electron chi connectivity index (χ2n) is 6.07. The molecule has 1 saturated heterocycles. The Kier molecular flexibility index (Phi) is 7.91. The van der Waals surface area contributed by atoms with Crippen molar-refractivity contribution in [1.29, 1.82) is 0 Å². The second-order valence-corrected chi connectivity index (χ2v) is 7.87. The molecular formula is C16H25ClIN3OS. The van der Waals surface area contributed by atoms with Crippen LogP contribution in [0.1, 0.15) is 30.6 Å². The van der Waals surface area contributed by atoms with Gasteiger partial charge in [0.2, 0.25) is 0 Å². The van der Waals surface area contributed by atoms with Crippen LogP contribution in [0.3, 0.4) is 0 Å². The Morgan fingerprint density at radius 2 is 2.09 bits per heavy atom. The Balaban J connectivity index is 0.00000192. The van der Waals surface area contributed by atoms with E-state index < -0.39 is 0 Å². The highest BCUT2D eigenvalue weighted by molar-refractivity contribution is 14.0. The summed E-state index contributed by atoms with van der Waals surface area (Å²) in [6.45, 7) is 3.78. The van der Waals surface area contributed by atoms with Gasteiger partial charge in [-0.05, 0) is 43.7 Å². The van der Waals surface area contributed by atoms with E-state index in [0.717, 1.165) is 55.3 Å². The van der Waals surface area contributed by atoms with Crippen LogP contribution < -0.4 is 5.32 Å². The molecule has 0 aromatic carbocycles. The molecule has 1 aliphatic carbocycles. The zero-order valence-corrected chi connectivity index (χ0v) is 17.4. The summed E-state index contributed by atoms with van der Waals surface area (Å²) < 4.78 is 6.83. The van der Waals surface area contributed by atoms with Crippen LogP contribution in [0.2, 0.25) is 4.34 Å². The maximum Gasteiger partial charge on any atom is 0.193 e. The smallest absolute Gasteiger partial charge is 0.193 e. The van der Waals surface area contributed by atoms with E-state index in [4.69, 9.17) is 16.3 Å². The van der Waals surface area contributed by atoms with Crippen LogP contribution in [0.25, 0.3) is 0 Å². The number of nitrogens with one attached hydrogen (secondary N) is 1. The molecule has 7 heteroatoms. The molecule has 0 unspecified atom stereocenters. The standard InChI is InChI=1S/C16H24ClN3OS.HI/c1-18-16(19-10-14-4-5-15(17)22-14)20-8-6-13(7-9-20)21-11-12-2-3-12;/h4-5,12-13H,2-3,6-11H2,1H3,(H,18,19);1H. The van der Waals surface area contributed by atoms with E-state index >= 15 is 0 Å². The van der Waals surface area contributed by atoms with Crippen molar-refractivity contribution in [2.24, 2.45) is 10.9 Å². The lowest BCUT2D eigenvalue weighted by atomic mass is 10.1. The number of guanidine groups is 1. The third kappa shape index (κ3) is 6.07. The van der Waals surface area contributed by atoms with Gasteiger partial charge in [0.05, 0.1) is 17.0 Å². The van der Waals surface area contributed by atoms with Crippen molar-refractivity contribution in [3.8, 4) is 0 Å². The highest BCUT2D eigenvalue weighted by atomic mass is 127. The summed E-state index contributed by atoms with van der Waals surface area (Å²) in [6.07, 6.45) is 5.35. The number of likely N-dealkylation sites (tertiary alicyclic amines) is 1. The van der Waals surface area contributed by atoms with Gasteiger partial charge in [0, 0.05) is 31.6 Å². The Morgan fingerprint density at radius 3 is 2.65 bits per heavy atom. The lowest BCUT2D eigenvalue weighted by Gasteiger charge is -2.34. The number of hydrogen-bond donors (Lipinski definition) is 1. The van der Waals surface area contributed by atoms with Crippen LogP contribution in [-0.4, -0.2) is 43.7 Å². The quantitative estimate of drug-likeness (QED) is 0.402. The SMILES string of the molecule is CN=C(NCc1ccc(Cl)s1)N1CCC(OCC2CC2)CC1.I. The van der Waals surface area contributed by atoms with E-state index in [1.165, 1.54) is 17.7 Å². The molecule has 1 aromatic rings. The number of ether oxygens (including phenoxy) is 1. The monoisotopic (exact) mass is 469 g/mol. The van der Waals surface area contributed by atoms with Crippen molar-refractivity contribution in [2.75, 3.05) is 26.7 Å². The van der Waals surface area contributed by atoms with Crippen molar-refractivity contribution in [1.82, 2.24) is 10.2 Å². The van der Waals surface area contributed by atoms with Crippen molar-refractivity contribution in [2.45, 2.75) is 38.3 Å². The largest absolute Gasteiger partial charge is 0.378 e. The van der Waals surface area contributed by atoms with Gasteiger partial charge in [0.25, 0.3) is 0 Å². The van der Waals surface area contributed by atoms with Gasteiger partial charge < -0.3 is 15.0 Å². The molecular weight excluding hydrogens is 445 g/mol. The van der Waals surface area contributed by atoms with E-state index in [-0.39, 0.29) is 24.0 Å². The molecule has 0 radical (unpaired) electrons. The van der Waals surface area contributed by atoms with Gasteiger partial charge in [-0.25, -0.2) is 0 Å². The average molecular weight is 470 g/mol. The minimum atomic E-state index is 0. The van der Waals surface area contributed by atoms with Gasteiger partial charge in [0.1, 0.15) is 0 Å². The third-order valence-electron chi connectivity index (χ3n) is 4.27. The van der Waals surface area contributed by atoms with Crippen LogP contribution in [0, 0.1) is 5.92 Å². The Morgan fingerprint density at radius 1 is 1.35 bits per heavy atom. The van der Waals surface area contributed by atoms with E-state index in [9.17, 15) is 0 Å². The fourth-order valence-electron chi connectivity index (χ4n) is 2.74. The molecule has 4 nitrogen and oxygen atoms in total. The molecule has 0 bridgehead atoms. The first-order valence-corrected chi connectivity index (χ1v) is 9.25. The van der Waals surface area contributed by atoms with Gasteiger partial charge in [-0.1, -0.05) is 11.6 Å². The number of nitrogens with zero attached hydrogens (tertiary/aromatic N) is 2. The van der Waals surface area contributed by atoms with Gasteiger partial charge in [-0.15, -0.1) is 35.3 Å². The Labute approximate surface area is 164 Å². The number of aliphatic imine (C=N–C) groups is 1. The Hall–Kier alpha value is -0.0500. The summed E-state index contributed by atoms with van der Waals surface area (Å²) >= 11 is 7.58. The third-order valence-corrected chi connectivity index (χ3v) is 5.50. The van der Waals surface area contributed by atoms with Crippen molar-refractivity contribution >= 4 is 52.9 Å². The molecule has 3 rings (SSSR count). The van der Waals surface area contributed by atoms with Crippen molar-refractivity contribution in [3.05, 3.63) is 21.3 Å². The lowest BCUT2D eigenvalue weighted by molar-refractivity contribution is 0.0131. The van der Waals surface area contributed by atoms with Crippen molar-refractivity contribution in [3.63, 3.8) is 0 Å². The molecule has 130 valence electrons. The van der Waals surface area contributed by atoms with Gasteiger partial charge >= 0.3 is 0 Å². The summed E-state index contributed by atoms with van der Waals surface area (Å²) in [7, 11) is 1.85. The summed E-state index contributed by atoms with van der Waals surface area (Å²) in [5.74, 6) is 1.83. The van der Waals surface area contributed by atoms with Crippen LogP contribution in [0.4, 0.5) is 0 Å². The first-order valence-electron chi connectivity index (χ1n) is 8.06. The van der Waals surface area contributed by atoms with E-state index in [0.29, 0.717) is 6.10 Å². The fourth-order valence-corrected chi connectivity index (χ4v) is 3.76. The minimum absolute atomic E-state index is 0. The van der Waals surface area contributed by atoms with E-state index in [1.807, 2.05) is 13.1 Å². The average Bonchev–Trinajstić information content (AvgIpc) is 3.28. The van der Waals surface area contributed by atoms with Crippen molar-refractivity contribution < 1.29 is 4.74 Å². The van der Waals surface area contributed by atoms with Crippen LogP contribution in [0.15, 0.2) is 17.1 Å². The van der Waals surface area contributed by atoms with Gasteiger partial charge in [-0.3, -0.25) is 4.99 Å². The summed E-state index contributed by atoms with van der Waals surface area (Å²) in [4.78, 5) is 7.96. The lowest BCUT2D eigenvalue weighted by Crippen LogP contribution is -2.46. The second kappa shape index (κ2) is 9.44. The first-order chi connectivity index (χ1) is 10.7.